The van der Waals surface area contributed by atoms with Crippen LogP contribution in [0.1, 0.15) is 16.7 Å². The fourth-order valence-electron chi connectivity index (χ4n) is 14.1. The molecule has 642 valence electrons. The van der Waals surface area contributed by atoms with Crippen molar-refractivity contribution in [1.29, 1.82) is 0 Å². The Hall–Kier alpha value is -10.8. The third-order valence-corrected chi connectivity index (χ3v) is 20.8. The van der Waals surface area contributed by atoms with E-state index in [1.807, 2.05) is 0 Å². The van der Waals surface area contributed by atoms with E-state index in [2.05, 4.69) is 0 Å². The monoisotopic (exact) mass is 1640 g/mol. The second-order valence-corrected chi connectivity index (χ2v) is 29.5. The summed E-state index contributed by atoms with van der Waals surface area (Å²) in [7, 11) is 4.45. The lowest BCUT2D eigenvalue weighted by molar-refractivity contribution is -0.140. The zero-order valence-corrected chi connectivity index (χ0v) is 66.9. The first kappa shape index (κ1) is 93.4. The minimum atomic E-state index is -1.15. The molecule has 42 heteroatoms. The van der Waals surface area contributed by atoms with Crippen molar-refractivity contribution in [2.75, 3.05) is 271 Å². The van der Waals surface area contributed by atoms with Crippen LogP contribution < -0.4 is 31.8 Å². The number of hydrogen-bond acceptors (Lipinski definition) is 27. The normalized spacial score (nSPS) is 17.5. The molecule has 3 aliphatic rings. The lowest BCUT2D eigenvalue weighted by Crippen LogP contribution is -2.53. The molecule has 0 unspecified atom stereocenters. The van der Waals surface area contributed by atoms with Gasteiger partial charge in [0.2, 0.25) is 17.7 Å². The Morgan fingerprint density at radius 3 is 0.487 bits per heavy atom. The van der Waals surface area contributed by atoms with E-state index in [1.54, 1.807) is 79.6 Å². The SMILES string of the molecule is Cc1cc(N(C)C(=O)CN2CCN(CC(=O)O)CCN(CC(=O)O)CCN(CC(=O)O)CC2)ccc1-n1c(=O)n(-c2ccc(N(C)C(=O)CN3CCN(CC(=O)O)CCN(CC(=O)O)CCN(CC(=O)O)CC3)cc2C)c(=O)n(-c2ccc(N(C)C(=O)CN3CCN(CC(=O)O)CCN(CC(=O)O)CCN(CC(=O)O)CC3)cc2C)c1=O. The lowest BCUT2D eigenvalue weighted by Gasteiger charge is -2.33. The van der Waals surface area contributed by atoms with E-state index in [0.717, 1.165) is 13.7 Å². The van der Waals surface area contributed by atoms with Crippen LogP contribution in [-0.2, 0) is 57.5 Å². The molecular weight excluding hydrogens is 1540 g/mol. The molecule has 3 fully saturated rings. The van der Waals surface area contributed by atoms with Crippen LogP contribution in [0, 0.1) is 20.8 Å². The first-order valence-corrected chi connectivity index (χ1v) is 38.1. The third kappa shape index (κ3) is 29.1. The number of hydrogen-bond donors (Lipinski definition) is 9. The third-order valence-electron chi connectivity index (χ3n) is 20.8. The molecule has 42 nitrogen and oxygen atoms in total. The molecule has 0 radical (unpaired) electrons. The van der Waals surface area contributed by atoms with Crippen LogP contribution in [0.4, 0.5) is 17.1 Å². The van der Waals surface area contributed by atoms with Crippen molar-refractivity contribution in [1.82, 2.24) is 72.5 Å². The molecule has 1 aromatic heterocycles. The summed E-state index contributed by atoms with van der Waals surface area (Å²) in [5.74, 6) is -11.6. The van der Waals surface area contributed by atoms with Crippen molar-refractivity contribution in [2.24, 2.45) is 0 Å². The smallest absolute Gasteiger partial charge is 0.345 e. The van der Waals surface area contributed by atoms with Crippen molar-refractivity contribution in [3.63, 3.8) is 0 Å². The first-order chi connectivity index (χ1) is 55.3. The summed E-state index contributed by atoms with van der Waals surface area (Å²) in [6, 6.07) is 13.2. The van der Waals surface area contributed by atoms with Gasteiger partial charge in [0, 0.05) is 195 Å². The summed E-state index contributed by atoms with van der Waals surface area (Å²) >= 11 is 0. The molecule has 0 atom stereocenters. The number of rotatable bonds is 30. The van der Waals surface area contributed by atoms with Gasteiger partial charge < -0.3 is 60.7 Å². The number of carbonyl (C=O) groups excluding carboxylic acids is 3. The lowest BCUT2D eigenvalue weighted by atomic mass is 10.1. The van der Waals surface area contributed by atoms with Crippen LogP contribution in [0.3, 0.4) is 0 Å². The number of aryl methyl sites for hydroxylation is 3. The molecule has 0 bridgehead atoms. The zero-order valence-electron chi connectivity index (χ0n) is 66.9. The maximum absolute atomic E-state index is 15.5. The van der Waals surface area contributed by atoms with Crippen LogP contribution in [0.5, 0.6) is 0 Å². The van der Waals surface area contributed by atoms with Crippen molar-refractivity contribution in [3.05, 3.63) is 103 Å². The topological polar surface area (TPSA) is 502 Å². The van der Waals surface area contributed by atoms with Crippen LogP contribution in [0.2, 0.25) is 0 Å². The molecule has 117 heavy (non-hydrogen) atoms. The Morgan fingerprint density at radius 1 is 0.239 bits per heavy atom. The van der Waals surface area contributed by atoms with Gasteiger partial charge in [-0.15, -0.1) is 0 Å². The van der Waals surface area contributed by atoms with Gasteiger partial charge in [0.1, 0.15) is 0 Å². The largest absolute Gasteiger partial charge is 0.480 e. The van der Waals surface area contributed by atoms with Gasteiger partial charge in [-0.3, -0.25) is 116 Å². The summed E-state index contributed by atoms with van der Waals surface area (Å²) in [6.07, 6.45) is 0. The van der Waals surface area contributed by atoms with Crippen LogP contribution in [0.15, 0.2) is 69.0 Å². The Morgan fingerprint density at radius 2 is 0.368 bits per heavy atom. The number of carbonyl (C=O) groups is 12. The summed E-state index contributed by atoms with van der Waals surface area (Å²) in [5, 5.41) is 87.7. The van der Waals surface area contributed by atoms with Gasteiger partial charge in [-0.2, -0.15) is 0 Å². The van der Waals surface area contributed by atoms with Gasteiger partial charge in [-0.05, 0) is 92.1 Å². The standard InChI is InChI=1S/C75H108N18O24/c1-52-37-55(76(4)61(94)40-79-13-19-82(43-64(97)98)25-31-88(49-70(109)110)32-26-83(20-14-79)44-65(99)100)7-10-58(52)91-73(115)92(59-11-8-56(38-53(59)2)77(5)62(95)41-80-15-21-84(45-66(101)102)27-33-89(50-71(111)112)34-28-85(22-16-80)46-67(103)104)75(117)93(74(91)116)60-12-9-57(39-54(60)3)78(6)63(96)42-81-17-23-86(47-68(105)106)29-35-90(51-72(113)114)36-30-87(24-18-81)48-69(107)108/h7-12,37-39H,13-36,40-51H2,1-6H3,(H,97,98)(H,99,100)(H,101,102)(H,103,104)(H,105,106)(H,107,108)(H,109,110)(H,111,112)(H,113,114). The van der Waals surface area contributed by atoms with Gasteiger partial charge in [0.25, 0.3) is 0 Å². The predicted molar refractivity (Wildman–Crippen MR) is 424 cm³/mol. The average molecular weight is 1650 g/mol. The molecule has 3 aliphatic heterocycles. The van der Waals surface area contributed by atoms with Crippen LogP contribution >= 0.6 is 0 Å². The number of benzene rings is 3. The van der Waals surface area contributed by atoms with E-state index in [1.165, 1.54) is 90.4 Å². The van der Waals surface area contributed by atoms with Crippen molar-refractivity contribution >= 4 is 88.5 Å². The number of aliphatic carboxylic acids is 9. The predicted octanol–water partition coefficient (Wildman–Crippen LogP) is -4.62. The van der Waals surface area contributed by atoms with Crippen molar-refractivity contribution in [2.45, 2.75) is 20.8 Å². The Bertz CT molecular complexity index is 3860. The van der Waals surface area contributed by atoms with E-state index in [-0.39, 0.29) is 247 Å². The molecule has 0 saturated carbocycles. The zero-order chi connectivity index (χ0) is 86.1. The van der Waals surface area contributed by atoms with Crippen molar-refractivity contribution in [3.8, 4) is 17.1 Å². The summed E-state index contributed by atoms with van der Waals surface area (Å²) in [6.45, 7) is 3.83. The molecule has 4 aromatic rings. The van der Waals surface area contributed by atoms with Gasteiger partial charge >= 0.3 is 70.8 Å². The molecule has 7 rings (SSSR count). The van der Waals surface area contributed by atoms with E-state index in [4.69, 9.17) is 0 Å². The summed E-state index contributed by atoms with van der Waals surface area (Å²) in [5.41, 5.74) is -2.05. The molecule has 9 N–H and O–H groups in total. The first-order valence-electron chi connectivity index (χ1n) is 38.1. The number of anilines is 3. The van der Waals surface area contributed by atoms with Crippen molar-refractivity contribution < 1.29 is 103 Å². The second-order valence-electron chi connectivity index (χ2n) is 29.5. The van der Waals surface area contributed by atoms with Gasteiger partial charge in [-0.1, -0.05) is 0 Å². The molecular formula is C75H108N18O24. The van der Waals surface area contributed by atoms with E-state index >= 15 is 14.4 Å². The number of amides is 3. The number of carboxylic acids is 9. The summed E-state index contributed by atoms with van der Waals surface area (Å²) < 4.78 is 2.32. The Kier molecular flexibility index (Phi) is 35.5. The van der Waals surface area contributed by atoms with E-state index < -0.39 is 128 Å². The van der Waals surface area contributed by atoms with Gasteiger partial charge in [-0.25, -0.2) is 28.1 Å². The van der Waals surface area contributed by atoms with Crippen LogP contribution in [0.25, 0.3) is 17.1 Å². The highest BCUT2D eigenvalue weighted by molar-refractivity contribution is 5.96. The summed E-state index contributed by atoms with van der Waals surface area (Å²) in [4.78, 5) is 221. The molecule has 3 saturated heterocycles. The van der Waals surface area contributed by atoms with Gasteiger partial charge in [0.05, 0.1) is 95.6 Å². The molecule has 0 aliphatic carbocycles. The minimum absolute atomic E-state index is 0.0450. The maximum Gasteiger partial charge on any atom is 0.345 e. The molecule has 3 amide bonds. The maximum atomic E-state index is 15.5. The van der Waals surface area contributed by atoms with Crippen LogP contribution in [-0.4, -0.2) is 447 Å². The van der Waals surface area contributed by atoms with E-state index in [0.29, 0.717) is 0 Å². The number of carboxylic acid groups (broad SMARTS) is 9. The minimum Gasteiger partial charge on any atom is -0.480 e. The number of likely N-dealkylation sites (N-methyl/N-ethyl adjacent to an activating group) is 3. The second kappa shape index (κ2) is 44.5. The molecule has 4 heterocycles. The highest BCUT2D eigenvalue weighted by Crippen LogP contribution is 2.25. The average Bonchev–Trinajstić information content (AvgIpc) is 0.736. The Labute approximate surface area is 674 Å². The van der Waals surface area contributed by atoms with E-state index in [9.17, 15) is 103 Å². The Balaban J connectivity index is 1.25. The highest BCUT2D eigenvalue weighted by atomic mass is 16.4. The number of nitrogens with zero attached hydrogens (tertiary/aromatic N) is 18. The highest BCUT2D eigenvalue weighted by Gasteiger charge is 2.31. The fourth-order valence-corrected chi connectivity index (χ4v) is 14.1. The number of aromatic nitrogens is 3. The van der Waals surface area contributed by atoms with Gasteiger partial charge in [0.15, 0.2) is 0 Å². The quantitative estimate of drug-likeness (QED) is 0.0237. The molecule has 3 aromatic carbocycles. The fraction of sp³-hybridized carbons (Fsp3) is 0.560. The molecule has 0 spiro atoms.